The second kappa shape index (κ2) is 11.7. The highest BCUT2D eigenvalue weighted by Gasteiger charge is 2.22. The van der Waals surface area contributed by atoms with E-state index in [4.69, 9.17) is 14.2 Å². The molecule has 0 radical (unpaired) electrons. The van der Waals surface area contributed by atoms with Crippen molar-refractivity contribution in [3.63, 3.8) is 0 Å². The van der Waals surface area contributed by atoms with Crippen molar-refractivity contribution in [3.05, 3.63) is 89.9 Å². The summed E-state index contributed by atoms with van der Waals surface area (Å²) in [5, 5.41) is 2.38. The Morgan fingerprint density at radius 1 is 0.947 bits per heavy atom. The molecular weight excluding hydrogens is 497 g/mol. The average Bonchev–Trinajstić information content (AvgIpc) is 2.91. The van der Waals surface area contributed by atoms with Gasteiger partial charge in [0.25, 0.3) is 5.88 Å². The minimum atomic E-state index is -0.917. The normalized spacial score (nSPS) is 10.7. The lowest BCUT2D eigenvalue weighted by atomic mass is 9.93. The van der Waals surface area contributed by atoms with Gasteiger partial charge in [-0.1, -0.05) is 18.2 Å². The van der Waals surface area contributed by atoms with Gasteiger partial charge in [0.15, 0.2) is 11.6 Å². The van der Waals surface area contributed by atoms with Gasteiger partial charge in [-0.25, -0.2) is 18.2 Å². The maximum atomic E-state index is 15.7. The topological polar surface area (TPSA) is 69.7 Å². The van der Waals surface area contributed by atoms with Crippen molar-refractivity contribution in [3.8, 4) is 39.6 Å². The second-order valence-corrected chi connectivity index (χ2v) is 8.25. The van der Waals surface area contributed by atoms with Crippen LogP contribution in [0.4, 0.5) is 18.9 Å². The first-order chi connectivity index (χ1) is 18.3. The quantitative estimate of drug-likeness (QED) is 0.263. The monoisotopic (exact) mass is 522 g/mol. The van der Waals surface area contributed by atoms with Crippen LogP contribution in [0, 0.1) is 17.5 Å². The molecule has 3 aromatic carbocycles. The molecule has 0 unspecified atom stereocenters. The molecule has 4 rings (SSSR count). The Bertz CT molecular complexity index is 1460. The third-order valence-corrected chi connectivity index (χ3v) is 5.61. The molecule has 4 aromatic rings. The number of nitrogens with zero attached hydrogens (tertiary/aromatic N) is 1. The summed E-state index contributed by atoms with van der Waals surface area (Å²) < 4.78 is 61.3. The van der Waals surface area contributed by atoms with Gasteiger partial charge in [-0.2, -0.15) is 0 Å². The van der Waals surface area contributed by atoms with Gasteiger partial charge in [-0.05, 0) is 60.5 Å². The highest BCUT2D eigenvalue weighted by atomic mass is 19.1. The van der Waals surface area contributed by atoms with E-state index >= 15 is 4.39 Å². The van der Waals surface area contributed by atoms with Gasteiger partial charge in [-0.15, -0.1) is 0 Å². The predicted octanol–water partition coefficient (Wildman–Crippen LogP) is 6.78. The molecule has 1 N–H and O–H groups in total. The van der Waals surface area contributed by atoms with Gasteiger partial charge in [0.05, 0.1) is 19.4 Å². The Balaban J connectivity index is 1.77. The largest absolute Gasteiger partial charge is 0.497 e. The zero-order chi connectivity index (χ0) is 27.2. The van der Waals surface area contributed by atoms with Crippen molar-refractivity contribution >= 4 is 11.6 Å². The summed E-state index contributed by atoms with van der Waals surface area (Å²) in [5.74, 6) is -1.79. The van der Waals surface area contributed by atoms with Gasteiger partial charge in [0.1, 0.15) is 24.0 Å². The summed E-state index contributed by atoms with van der Waals surface area (Å²) in [7, 11) is 1.58. The van der Waals surface area contributed by atoms with E-state index in [2.05, 4.69) is 10.3 Å². The molecule has 1 amide bonds. The number of amides is 1. The van der Waals surface area contributed by atoms with E-state index in [0.717, 1.165) is 23.8 Å². The van der Waals surface area contributed by atoms with Crippen LogP contribution in [0.2, 0.25) is 0 Å². The number of methoxy groups -OCH3 is 1. The smallest absolute Gasteiger partial charge is 0.257 e. The van der Waals surface area contributed by atoms with Crippen LogP contribution in [0.5, 0.6) is 17.4 Å². The van der Waals surface area contributed by atoms with E-state index in [1.54, 1.807) is 20.1 Å². The summed E-state index contributed by atoms with van der Waals surface area (Å²) in [6.45, 7) is 3.51. The fourth-order valence-corrected chi connectivity index (χ4v) is 3.88. The summed E-state index contributed by atoms with van der Waals surface area (Å²) >= 11 is 0. The zero-order valence-corrected chi connectivity index (χ0v) is 21.0. The number of halogens is 3. The molecule has 0 bridgehead atoms. The number of benzene rings is 3. The summed E-state index contributed by atoms with van der Waals surface area (Å²) in [4.78, 5) is 15.9. The van der Waals surface area contributed by atoms with Crippen LogP contribution in [-0.2, 0) is 11.4 Å². The van der Waals surface area contributed by atoms with E-state index in [9.17, 15) is 13.6 Å². The Hall–Kier alpha value is -4.53. The number of anilines is 1. The first kappa shape index (κ1) is 26.5. The molecule has 0 aliphatic carbocycles. The third-order valence-electron chi connectivity index (χ3n) is 5.61. The minimum absolute atomic E-state index is 0.169. The lowest BCUT2D eigenvalue weighted by Crippen LogP contribution is -2.09. The zero-order valence-electron chi connectivity index (χ0n) is 21.0. The Morgan fingerprint density at radius 3 is 2.39 bits per heavy atom. The molecule has 0 aliphatic rings. The van der Waals surface area contributed by atoms with Gasteiger partial charge in [0, 0.05) is 29.8 Å². The summed E-state index contributed by atoms with van der Waals surface area (Å²) in [6.07, 6.45) is 1.43. The SMILES string of the molecule is CCOc1cc(-c2ccc(NC(C)=O)c(F)c2-c2cc(F)ccc2F)cnc1OCc1ccc(OC)cc1. The molecule has 0 saturated heterocycles. The van der Waals surface area contributed by atoms with Crippen LogP contribution in [-0.4, -0.2) is 24.6 Å². The molecule has 9 heteroatoms. The lowest BCUT2D eigenvalue weighted by molar-refractivity contribution is -0.114. The molecule has 0 spiro atoms. The van der Waals surface area contributed by atoms with Crippen molar-refractivity contribution in [2.45, 2.75) is 20.5 Å². The van der Waals surface area contributed by atoms with Gasteiger partial charge in [0.2, 0.25) is 5.91 Å². The molecule has 1 heterocycles. The summed E-state index contributed by atoms with van der Waals surface area (Å²) in [6, 6.07) is 14.5. The van der Waals surface area contributed by atoms with E-state index in [0.29, 0.717) is 17.9 Å². The molecule has 196 valence electrons. The van der Waals surface area contributed by atoms with Crippen molar-refractivity contribution in [2.24, 2.45) is 0 Å². The molecule has 0 fully saturated rings. The number of hydrogen-bond donors (Lipinski definition) is 1. The van der Waals surface area contributed by atoms with Gasteiger partial charge >= 0.3 is 0 Å². The molecule has 38 heavy (non-hydrogen) atoms. The number of pyridine rings is 1. The molecule has 6 nitrogen and oxygen atoms in total. The van der Waals surface area contributed by atoms with Crippen LogP contribution in [0.15, 0.2) is 66.9 Å². The van der Waals surface area contributed by atoms with Crippen LogP contribution in [0.1, 0.15) is 19.4 Å². The maximum Gasteiger partial charge on any atom is 0.257 e. The molecule has 1 aromatic heterocycles. The number of ether oxygens (including phenoxy) is 3. The average molecular weight is 523 g/mol. The van der Waals surface area contributed by atoms with E-state index in [-0.39, 0.29) is 40.6 Å². The lowest BCUT2D eigenvalue weighted by Gasteiger charge is -2.17. The van der Waals surface area contributed by atoms with Crippen molar-refractivity contribution in [1.29, 1.82) is 0 Å². The Kier molecular flexibility index (Phi) is 8.15. The van der Waals surface area contributed by atoms with Crippen molar-refractivity contribution in [1.82, 2.24) is 4.98 Å². The van der Waals surface area contributed by atoms with Crippen LogP contribution in [0.3, 0.4) is 0 Å². The first-order valence-electron chi connectivity index (χ1n) is 11.7. The molecule has 0 atom stereocenters. The van der Waals surface area contributed by atoms with E-state index in [1.807, 2.05) is 24.3 Å². The molecule has 0 aliphatic heterocycles. The number of carbonyl (C=O) groups is 1. The third kappa shape index (κ3) is 5.88. The highest BCUT2D eigenvalue weighted by molar-refractivity contribution is 5.93. The fraction of sp³-hybridized carbons (Fsp3) is 0.172. The first-order valence-corrected chi connectivity index (χ1v) is 11.7. The fourth-order valence-electron chi connectivity index (χ4n) is 3.88. The standard InChI is InChI=1S/C29H25F3N2O4/c1-4-37-26-13-19(15-33-29(26)38-16-18-5-8-21(36-3)9-6-18)22-10-12-25(34-17(2)35)28(32)27(22)23-14-20(30)7-11-24(23)31/h5-15H,4,16H2,1-3H3,(H,34,35). The second-order valence-electron chi connectivity index (χ2n) is 8.25. The maximum absolute atomic E-state index is 15.7. The molecule has 0 saturated carbocycles. The van der Waals surface area contributed by atoms with E-state index in [1.165, 1.54) is 25.3 Å². The Labute approximate surface area is 218 Å². The van der Waals surface area contributed by atoms with Crippen LogP contribution >= 0.6 is 0 Å². The number of rotatable bonds is 9. The van der Waals surface area contributed by atoms with Gasteiger partial charge < -0.3 is 19.5 Å². The molecular formula is C29H25F3N2O4. The Morgan fingerprint density at radius 2 is 1.71 bits per heavy atom. The number of aromatic nitrogens is 1. The summed E-state index contributed by atoms with van der Waals surface area (Å²) in [5.41, 5.74) is 0.760. The highest BCUT2D eigenvalue weighted by Crippen LogP contribution is 2.41. The van der Waals surface area contributed by atoms with Crippen molar-refractivity contribution in [2.75, 3.05) is 19.0 Å². The minimum Gasteiger partial charge on any atom is -0.497 e. The van der Waals surface area contributed by atoms with Crippen LogP contribution < -0.4 is 19.5 Å². The predicted molar refractivity (Wildman–Crippen MR) is 138 cm³/mol. The number of hydrogen-bond acceptors (Lipinski definition) is 5. The number of carbonyl (C=O) groups excluding carboxylic acids is 1. The van der Waals surface area contributed by atoms with Crippen molar-refractivity contribution < 1.29 is 32.2 Å². The number of nitrogens with one attached hydrogen (secondary N) is 1. The van der Waals surface area contributed by atoms with Gasteiger partial charge in [-0.3, -0.25) is 4.79 Å². The van der Waals surface area contributed by atoms with Crippen LogP contribution in [0.25, 0.3) is 22.3 Å². The van der Waals surface area contributed by atoms with E-state index < -0.39 is 23.4 Å².